The molecule has 3 rings (SSSR count). The summed E-state index contributed by atoms with van der Waals surface area (Å²) in [6.07, 6.45) is 3.22. The molecular weight excluding hydrogens is 374 g/mol. The summed E-state index contributed by atoms with van der Waals surface area (Å²) in [6, 6.07) is 6.10. The van der Waals surface area contributed by atoms with Crippen LogP contribution in [0.1, 0.15) is 10.6 Å². The van der Waals surface area contributed by atoms with E-state index in [0.717, 1.165) is 5.01 Å². The van der Waals surface area contributed by atoms with Crippen LogP contribution in [0.15, 0.2) is 46.8 Å². The number of non-ortho nitro benzene ring substituents is 1. The number of nitrogens with zero attached hydrogens (tertiary/aromatic N) is 5. The summed E-state index contributed by atoms with van der Waals surface area (Å²) in [5, 5.41) is 20.5. The van der Waals surface area contributed by atoms with Gasteiger partial charge in [-0.05, 0) is 30.3 Å². The summed E-state index contributed by atoms with van der Waals surface area (Å²) in [5.41, 5.74) is 0.539. The molecule has 1 saturated heterocycles. The Labute approximate surface area is 157 Å². The maximum absolute atomic E-state index is 12.7. The maximum Gasteiger partial charge on any atom is 0.270 e. The normalized spacial score (nSPS) is 17.3. The third kappa shape index (κ3) is 3.86. The molecule has 0 radical (unpaired) electrons. The molecule has 2 aromatic rings. The molecular formula is C16H13N5O3S2. The molecule has 0 unspecified atom stereocenters. The highest BCUT2D eigenvalue weighted by Crippen LogP contribution is 2.34. The van der Waals surface area contributed by atoms with Gasteiger partial charge in [0, 0.05) is 18.7 Å². The number of benzene rings is 1. The molecule has 0 N–H and O–H groups in total. The molecule has 8 nitrogen and oxygen atoms in total. The van der Waals surface area contributed by atoms with Crippen molar-refractivity contribution in [3.63, 3.8) is 0 Å². The first-order valence-electron chi connectivity index (χ1n) is 7.43. The molecule has 0 atom stereocenters. The minimum absolute atomic E-state index is 0.0315. The standard InChI is InChI=1S/C16H13N5O3S2/c1-3-7-20-14(22)13(9-11-5-4-6-12(8-11)21(23)24)26-16(20)17-15-19-18-10(2)25-15/h3-6,8-9H,1,7H2,2H3/b13-9-,17-16+. The molecule has 1 aromatic carbocycles. The van der Waals surface area contributed by atoms with Crippen molar-refractivity contribution in [1.82, 2.24) is 15.1 Å². The molecule has 26 heavy (non-hydrogen) atoms. The molecule has 1 fully saturated rings. The highest BCUT2D eigenvalue weighted by atomic mass is 32.2. The predicted octanol–water partition coefficient (Wildman–Crippen LogP) is 3.54. The molecule has 1 amide bonds. The van der Waals surface area contributed by atoms with E-state index in [1.54, 1.807) is 24.3 Å². The molecule has 0 aliphatic carbocycles. The number of hydrogen-bond donors (Lipinski definition) is 0. The van der Waals surface area contributed by atoms with Gasteiger partial charge >= 0.3 is 0 Å². The number of thioether (sulfide) groups is 1. The van der Waals surface area contributed by atoms with Gasteiger partial charge in [-0.3, -0.25) is 19.8 Å². The number of amidine groups is 1. The quantitative estimate of drug-likeness (QED) is 0.336. The Balaban J connectivity index is 1.95. The molecule has 1 aliphatic rings. The van der Waals surface area contributed by atoms with Crippen molar-refractivity contribution in [3.8, 4) is 0 Å². The van der Waals surface area contributed by atoms with Crippen molar-refractivity contribution in [1.29, 1.82) is 0 Å². The number of nitro benzene ring substituents is 1. The van der Waals surface area contributed by atoms with E-state index in [4.69, 9.17) is 0 Å². The van der Waals surface area contributed by atoms with E-state index >= 15 is 0 Å². The molecule has 1 aromatic heterocycles. The fourth-order valence-corrected chi connectivity index (χ4v) is 3.78. The zero-order valence-electron chi connectivity index (χ0n) is 13.7. The van der Waals surface area contributed by atoms with E-state index in [1.165, 1.54) is 40.1 Å². The van der Waals surface area contributed by atoms with Gasteiger partial charge in [0.25, 0.3) is 11.6 Å². The van der Waals surface area contributed by atoms with Crippen LogP contribution in [0.4, 0.5) is 10.8 Å². The third-order valence-corrected chi connectivity index (χ3v) is 5.02. The largest absolute Gasteiger partial charge is 0.282 e. The molecule has 132 valence electrons. The number of rotatable bonds is 5. The highest BCUT2D eigenvalue weighted by Gasteiger charge is 2.33. The van der Waals surface area contributed by atoms with E-state index in [1.807, 2.05) is 6.92 Å². The summed E-state index contributed by atoms with van der Waals surface area (Å²) in [7, 11) is 0. The summed E-state index contributed by atoms with van der Waals surface area (Å²) in [5.74, 6) is -0.235. The average Bonchev–Trinajstić information content (AvgIpc) is 3.14. The number of aliphatic imine (C=N–C) groups is 1. The van der Waals surface area contributed by atoms with Crippen LogP contribution in [0.25, 0.3) is 6.08 Å². The molecule has 2 heterocycles. The number of carbonyl (C=O) groups excluding carboxylic acids is 1. The highest BCUT2D eigenvalue weighted by molar-refractivity contribution is 8.18. The fourth-order valence-electron chi connectivity index (χ4n) is 2.17. The van der Waals surface area contributed by atoms with E-state index in [9.17, 15) is 14.9 Å². The van der Waals surface area contributed by atoms with Gasteiger partial charge in [0.2, 0.25) is 5.13 Å². The lowest BCUT2D eigenvalue weighted by Crippen LogP contribution is -2.29. The van der Waals surface area contributed by atoms with Gasteiger partial charge in [0.1, 0.15) is 5.01 Å². The van der Waals surface area contributed by atoms with Gasteiger partial charge in [-0.2, -0.15) is 4.99 Å². The Morgan fingerprint density at radius 1 is 1.42 bits per heavy atom. The van der Waals surface area contributed by atoms with Crippen LogP contribution < -0.4 is 0 Å². The topological polar surface area (TPSA) is 102 Å². The molecule has 10 heteroatoms. The third-order valence-electron chi connectivity index (χ3n) is 3.29. The SMILES string of the molecule is C=CCN1C(=O)/C(=C/c2cccc([N+](=O)[O-])c2)S/C1=N/c1nnc(C)s1. The lowest BCUT2D eigenvalue weighted by atomic mass is 10.2. The zero-order chi connectivity index (χ0) is 18.7. The van der Waals surface area contributed by atoms with E-state index in [2.05, 4.69) is 21.8 Å². The van der Waals surface area contributed by atoms with Gasteiger partial charge in [0.05, 0.1) is 9.83 Å². The fraction of sp³-hybridized carbons (Fsp3) is 0.125. The van der Waals surface area contributed by atoms with E-state index in [-0.39, 0.29) is 11.6 Å². The van der Waals surface area contributed by atoms with E-state index in [0.29, 0.717) is 27.3 Å². The van der Waals surface area contributed by atoms with Crippen molar-refractivity contribution in [2.24, 2.45) is 4.99 Å². The average molecular weight is 387 g/mol. The van der Waals surface area contributed by atoms with Gasteiger partial charge < -0.3 is 0 Å². The summed E-state index contributed by atoms with van der Waals surface area (Å²) < 4.78 is 0. The van der Waals surface area contributed by atoms with Gasteiger partial charge in [-0.1, -0.05) is 29.5 Å². The van der Waals surface area contributed by atoms with Crippen LogP contribution in [0.3, 0.4) is 0 Å². The molecule has 0 saturated carbocycles. The van der Waals surface area contributed by atoms with Crippen LogP contribution in [0.2, 0.25) is 0 Å². The predicted molar refractivity (Wildman–Crippen MR) is 102 cm³/mol. The van der Waals surface area contributed by atoms with Crippen molar-refractivity contribution >= 4 is 51.1 Å². The second-order valence-electron chi connectivity index (χ2n) is 5.17. The number of carbonyl (C=O) groups is 1. The Hall–Kier alpha value is -2.85. The van der Waals surface area contributed by atoms with Crippen molar-refractivity contribution in [2.45, 2.75) is 6.92 Å². The lowest BCUT2D eigenvalue weighted by molar-refractivity contribution is -0.384. The second-order valence-corrected chi connectivity index (χ2v) is 7.33. The van der Waals surface area contributed by atoms with Crippen molar-refractivity contribution < 1.29 is 9.72 Å². The van der Waals surface area contributed by atoms with Crippen LogP contribution >= 0.6 is 23.1 Å². The number of nitro groups is 1. The molecule has 0 bridgehead atoms. The van der Waals surface area contributed by atoms with Crippen LogP contribution in [-0.4, -0.2) is 37.6 Å². The van der Waals surface area contributed by atoms with Crippen LogP contribution in [-0.2, 0) is 4.79 Å². The number of aromatic nitrogens is 2. The minimum atomic E-state index is -0.472. The monoisotopic (exact) mass is 387 g/mol. The van der Waals surface area contributed by atoms with Crippen LogP contribution in [0.5, 0.6) is 0 Å². The number of amides is 1. The van der Waals surface area contributed by atoms with Gasteiger partial charge in [0.15, 0.2) is 5.17 Å². The first kappa shape index (κ1) is 18.0. The summed E-state index contributed by atoms with van der Waals surface area (Å²) in [4.78, 5) is 29.4. The molecule has 1 aliphatic heterocycles. The minimum Gasteiger partial charge on any atom is -0.282 e. The second kappa shape index (κ2) is 7.58. The number of hydrogen-bond acceptors (Lipinski definition) is 8. The Kier molecular flexibility index (Phi) is 5.24. The summed E-state index contributed by atoms with van der Waals surface area (Å²) >= 11 is 2.51. The Morgan fingerprint density at radius 2 is 2.23 bits per heavy atom. The maximum atomic E-state index is 12.7. The Morgan fingerprint density at radius 3 is 2.88 bits per heavy atom. The lowest BCUT2D eigenvalue weighted by Gasteiger charge is -2.11. The number of aryl methyl sites for hydroxylation is 1. The Bertz CT molecular complexity index is 951. The first-order valence-corrected chi connectivity index (χ1v) is 9.07. The van der Waals surface area contributed by atoms with Crippen LogP contribution in [0, 0.1) is 17.0 Å². The van der Waals surface area contributed by atoms with Gasteiger partial charge in [-0.15, -0.1) is 16.8 Å². The zero-order valence-corrected chi connectivity index (χ0v) is 15.3. The molecule has 0 spiro atoms. The van der Waals surface area contributed by atoms with Gasteiger partial charge in [-0.25, -0.2) is 0 Å². The summed E-state index contributed by atoms with van der Waals surface area (Å²) in [6.45, 7) is 5.79. The van der Waals surface area contributed by atoms with Crippen molar-refractivity contribution in [2.75, 3.05) is 6.54 Å². The van der Waals surface area contributed by atoms with Crippen molar-refractivity contribution in [3.05, 3.63) is 62.5 Å². The first-order chi connectivity index (χ1) is 12.5. The smallest absolute Gasteiger partial charge is 0.270 e. The van der Waals surface area contributed by atoms with E-state index < -0.39 is 4.92 Å².